The summed E-state index contributed by atoms with van der Waals surface area (Å²) in [6.45, 7) is 5.47. The van der Waals surface area contributed by atoms with Crippen molar-refractivity contribution in [2.24, 2.45) is 13.0 Å². The van der Waals surface area contributed by atoms with Gasteiger partial charge >= 0.3 is 0 Å². The van der Waals surface area contributed by atoms with Gasteiger partial charge in [0.1, 0.15) is 5.82 Å². The van der Waals surface area contributed by atoms with Gasteiger partial charge in [-0.1, -0.05) is 24.3 Å². The molecular formula is C19H26N4O. The molecule has 1 aliphatic rings. The third-order valence-corrected chi connectivity index (χ3v) is 4.96. The maximum atomic E-state index is 12.4. The van der Waals surface area contributed by atoms with Crippen LogP contribution < -0.4 is 5.32 Å². The summed E-state index contributed by atoms with van der Waals surface area (Å²) >= 11 is 0. The summed E-state index contributed by atoms with van der Waals surface area (Å²) in [6.07, 6.45) is 5.65. The molecule has 0 spiro atoms. The molecule has 0 radical (unpaired) electrons. The molecular weight excluding hydrogens is 300 g/mol. The summed E-state index contributed by atoms with van der Waals surface area (Å²) in [4.78, 5) is 19.2. The molecule has 0 unspecified atom stereocenters. The number of nitrogens with zero attached hydrogens (tertiary/aromatic N) is 3. The van der Waals surface area contributed by atoms with Gasteiger partial charge in [0, 0.05) is 31.9 Å². The highest BCUT2D eigenvalue weighted by atomic mass is 16.1. The van der Waals surface area contributed by atoms with E-state index in [0.717, 1.165) is 38.3 Å². The number of piperidine rings is 1. The fourth-order valence-corrected chi connectivity index (χ4v) is 3.24. The maximum absolute atomic E-state index is 12.4. The van der Waals surface area contributed by atoms with E-state index in [1.54, 1.807) is 0 Å². The van der Waals surface area contributed by atoms with Crippen molar-refractivity contribution in [2.75, 3.05) is 13.1 Å². The second kappa shape index (κ2) is 7.62. The van der Waals surface area contributed by atoms with E-state index in [0.29, 0.717) is 6.54 Å². The number of hydrogen-bond acceptors (Lipinski definition) is 3. The third-order valence-electron chi connectivity index (χ3n) is 4.96. The van der Waals surface area contributed by atoms with Crippen LogP contribution in [-0.4, -0.2) is 33.4 Å². The van der Waals surface area contributed by atoms with E-state index >= 15 is 0 Å². The number of amides is 1. The van der Waals surface area contributed by atoms with Crippen molar-refractivity contribution in [3.63, 3.8) is 0 Å². The van der Waals surface area contributed by atoms with Gasteiger partial charge in [0.15, 0.2) is 0 Å². The third kappa shape index (κ3) is 4.03. The highest BCUT2D eigenvalue weighted by molar-refractivity contribution is 5.78. The van der Waals surface area contributed by atoms with Gasteiger partial charge in [-0.15, -0.1) is 0 Å². The molecule has 1 amide bonds. The van der Waals surface area contributed by atoms with Crippen molar-refractivity contribution >= 4 is 5.91 Å². The van der Waals surface area contributed by atoms with Crippen LogP contribution in [0.25, 0.3) is 0 Å². The molecule has 0 bridgehead atoms. The SMILES string of the molecule is Cc1ccccc1CNC(=O)C1CCN(Cc2nccn2C)CC1. The summed E-state index contributed by atoms with van der Waals surface area (Å²) in [5, 5.41) is 3.11. The Labute approximate surface area is 143 Å². The number of aryl methyl sites for hydroxylation is 2. The van der Waals surface area contributed by atoms with Crippen LogP contribution in [0.4, 0.5) is 0 Å². The van der Waals surface area contributed by atoms with Gasteiger partial charge in [0.2, 0.25) is 5.91 Å². The lowest BCUT2D eigenvalue weighted by Gasteiger charge is -2.31. The summed E-state index contributed by atoms with van der Waals surface area (Å²) < 4.78 is 2.06. The smallest absolute Gasteiger partial charge is 0.223 e. The van der Waals surface area contributed by atoms with Crippen molar-refractivity contribution in [3.05, 3.63) is 53.6 Å². The largest absolute Gasteiger partial charge is 0.352 e. The minimum absolute atomic E-state index is 0.131. The molecule has 1 aliphatic heterocycles. The van der Waals surface area contributed by atoms with Gasteiger partial charge in [0.25, 0.3) is 0 Å². The normalized spacial score (nSPS) is 16.2. The van der Waals surface area contributed by atoms with E-state index in [9.17, 15) is 4.79 Å². The van der Waals surface area contributed by atoms with Gasteiger partial charge in [-0.3, -0.25) is 9.69 Å². The lowest BCUT2D eigenvalue weighted by molar-refractivity contribution is -0.126. The summed E-state index contributed by atoms with van der Waals surface area (Å²) in [5.41, 5.74) is 2.42. The molecule has 1 N–H and O–H groups in total. The predicted octanol–water partition coefficient (Wildman–Crippen LogP) is 2.26. The zero-order valence-corrected chi connectivity index (χ0v) is 14.5. The van der Waals surface area contributed by atoms with E-state index in [1.807, 2.05) is 31.6 Å². The Hall–Kier alpha value is -2.14. The van der Waals surface area contributed by atoms with Crippen LogP contribution in [0, 0.1) is 12.8 Å². The molecule has 3 rings (SSSR count). The van der Waals surface area contributed by atoms with Crippen LogP contribution in [0.5, 0.6) is 0 Å². The Morgan fingerprint density at radius 2 is 2.04 bits per heavy atom. The van der Waals surface area contributed by atoms with E-state index < -0.39 is 0 Å². The number of likely N-dealkylation sites (tertiary alicyclic amines) is 1. The summed E-state index contributed by atoms with van der Waals surface area (Å²) in [5.74, 6) is 1.40. The fourth-order valence-electron chi connectivity index (χ4n) is 3.24. The molecule has 24 heavy (non-hydrogen) atoms. The van der Waals surface area contributed by atoms with E-state index in [1.165, 1.54) is 11.1 Å². The molecule has 2 heterocycles. The van der Waals surface area contributed by atoms with Crippen LogP contribution in [-0.2, 0) is 24.9 Å². The van der Waals surface area contributed by atoms with Gasteiger partial charge < -0.3 is 9.88 Å². The molecule has 0 saturated carbocycles. The zero-order chi connectivity index (χ0) is 16.9. The number of aromatic nitrogens is 2. The second-order valence-corrected chi connectivity index (χ2v) is 6.65. The molecule has 0 aliphatic carbocycles. The monoisotopic (exact) mass is 326 g/mol. The van der Waals surface area contributed by atoms with Crippen LogP contribution >= 0.6 is 0 Å². The first-order valence-corrected chi connectivity index (χ1v) is 8.64. The molecule has 128 valence electrons. The second-order valence-electron chi connectivity index (χ2n) is 6.65. The lowest BCUT2D eigenvalue weighted by atomic mass is 9.95. The minimum atomic E-state index is 0.131. The summed E-state index contributed by atoms with van der Waals surface area (Å²) in [6, 6.07) is 8.20. The van der Waals surface area contributed by atoms with Gasteiger partial charge in [-0.25, -0.2) is 4.98 Å². The van der Waals surface area contributed by atoms with Gasteiger partial charge in [-0.2, -0.15) is 0 Å². The Bertz CT molecular complexity index is 686. The maximum Gasteiger partial charge on any atom is 0.223 e. The first-order chi connectivity index (χ1) is 11.6. The first kappa shape index (κ1) is 16.7. The Kier molecular flexibility index (Phi) is 5.30. The lowest BCUT2D eigenvalue weighted by Crippen LogP contribution is -2.40. The number of imidazole rings is 1. The van der Waals surface area contributed by atoms with E-state index in [2.05, 4.69) is 38.8 Å². The Morgan fingerprint density at radius 3 is 2.71 bits per heavy atom. The van der Waals surface area contributed by atoms with Crippen LogP contribution in [0.15, 0.2) is 36.7 Å². The van der Waals surface area contributed by atoms with Crippen LogP contribution in [0.1, 0.15) is 29.8 Å². The number of hydrogen-bond donors (Lipinski definition) is 1. The molecule has 5 nitrogen and oxygen atoms in total. The average Bonchev–Trinajstić information content (AvgIpc) is 2.99. The molecule has 2 aromatic rings. The van der Waals surface area contributed by atoms with Crippen molar-refractivity contribution in [2.45, 2.75) is 32.9 Å². The highest BCUT2D eigenvalue weighted by Crippen LogP contribution is 2.19. The Morgan fingerprint density at radius 1 is 1.29 bits per heavy atom. The van der Waals surface area contributed by atoms with Crippen LogP contribution in [0.2, 0.25) is 0 Å². The molecule has 1 saturated heterocycles. The Balaban J connectivity index is 1.45. The van der Waals surface area contributed by atoms with Gasteiger partial charge in [0.05, 0.1) is 6.54 Å². The van der Waals surface area contributed by atoms with Gasteiger partial charge in [-0.05, 0) is 44.0 Å². The zero-order valence-electron chi connectivity index (χ0n) is 14.5. The molecule has 1 fully saturated rings. The molecule has 0 atom stereocenters. The van der Waals surface area contributed by atoms with Crippen molar-refractivity contribution < 1.29 is 4.79 Å². The number of rotatable bonds is 5. The summed E-state index contributed by atoms with van der Waals surface area (Å²) in [7, 11) is 2.02. The van der Waals surface area contributed by atoms with E-state index in [4.69, 9.17) is 0 Å². The standard InChI is InChI=1S/C19H26N4O/c1-15-5-3-4-6-17(15)13-21-19(24)16-7-10-23(11-8-16)14-18-20-9-12-22(18)2/h3-6,9,12,16H,7-8,10-11,13-14H2,1-2H3,(H,21,24). The first-order valence-electron chi connectivity index (χ1n) is 8.64. The quantitative estimate of drug-likeness (QED) is 0.917. The van der Waals surface area contributed by atoms with Crippen molar-refractivity contribution in [1.82, 2.24) is 19.8 Å². The number of carbonyl (C=O) groups is 1. The fraction of sp³-hybridized carbons (Fsp3) is 0.474. The number of carbonyl (C=O) groups excluding carboxylic acids is 1. The van der Waals surface area contributed by atoms with Crippen molar-refractivity contribution in [1.29, 1.82) is 0 Å². The predicted molar refractivity (Wildman–Crippen MR) is 94.2 cm³/mol. The van der Waals surface area contributed by atoms with Crippen molar-refractivity contribution in [3.8, 4) is 0 Å². The topological polar surface area (TPSA) is 50.2 Å². The average molecular weight is 326 g/mol. The van der Waals surface area contributed by atoms with E-state index in [-0.39, 0.29) is 11.8 Å². The highest BCUT2D eigenvalue weighted by Gasteiger charge is 2.25. The minimum Gasteiger partial charge on any atom is -0.352 e. The molecule has 5 heteroatoms. The number of benzene rings is 1. The molecule has 1 aromatic heterocycles. The van der Waals surface area contributed by atoms with Crippen LogP contribution in [0.3, 0.4) is 0 Å². The number of nitrogens with one attached hydrogen (secondary N) is 1. The molecule has 1 aromatic carbocycles.